The number of rotatable bonds is 6. The van der Waals surface area contributed by atoms with E-state index in [9.17, 15) is 5.11 Å². The van der Waals surface area contributed by atoms with E-state index in [1.165, 1.54) is 0 Å². The smallest absolute Gasteiger partial charge is 0.0772 e. The van der Waals surface area contributed by atoms with Crippen LogP contribution in [0.3, 0.4) is 0 Å². The second kappa shape index (κ2) is 6.99. The highest BCUT2D eigenvalue weighted by molar-refractivity contribution is 9.10. The molecule has 1 unspecified atom stereocenters. The summed E-state index contributed by atoms with van der Waals surface area (Å²) in [6.45, 7) is 5.56. The van der Waals surface area contributed by atoms with E-state index in [0.29, 0.717) is 6.54 Å². The minimum Gasteiger partial charge on any atom is -0.395 e. The summed E-state index contributed by atoms with van der Waals surface area (Å²) in [7, 11) is 0. The number of aliphatic hydroxyl groups excluding tert-OH is 2. The molecule has 0 aliphatic rings. The van der Waals surface area contributed by atoms with E-state index in [0.717, 1.165) is 28.7 Å². The molecule has 0 bridgehead atoms. The van der Waals surface area contributed by atoms with E-state index < -0.39 is 6.10 Å². The molecule has 1 aromatic rings. The van der Waals surface area contributed by atoms with Crippen LogP contribution in [0, 0.1) is 0 Å². The van der Waals surface area contributed by atoms with Gasteiger partial charge < -0.3 is 15.1 Å². The van der Waals surface area contributed by atoms with Crippen molar-refractivity contribution in [1.29, 1.82) is 0 Å². The number of benzene rings is 1. The van der Waals surface area contributed by atoms with Crippen LogP contribution in [0.4, 0.5) is 5.69 Å². The average molecular weight is 302 g/mol. The Kier molecular flexibility index (Phi) is 5.95. The number of halogens is 1. The fourth-order valence-corrected chi connectivity index (χ4v) is 2.51. The van der Waals surface area contributed by atoms with Gasteiger partial charge in [0.25, 0.3) is 0 Å². The number of nitrogens with zero attached hydrogens (tertiary/aromatic N) is 1. The molecule has 17 heavy (non-hydrogen) atoms. The zero-order valence-corrected chi connectivity index (χ0v) is 11.9. The molecule has 3 nitrogen and oxygen atoms in total. The zero-order chi connectivity index (χ0) is 12.8. The molecule has 4 heteroatoms. The lowest BCUT2D eigenvalue weighted by atomic mass is 10.1. The molecule has 1 aromatic carbocycles. The van der Waals surface area contributed by atoms with Gasteiger partial charge in [-0.3, -0.25) is 0 Å². The molecular weight excluding hydrogens is 282 g/mol. The van der Waals surface area contributed by atoms with E-state index >= 15 is 0 Å². The van der Waals surface area contributed by atoms with Crippen LogP contribution in [-0.4, -0.2) is 29.9 Å². The van der Waals surface area contributed by atoms with Crippen molar-refractivity contribution < 1.29 is 10.2 Å². The van der Waals surface area contributed by atoms with Gasteiger partial charge in [-0.15, -0.1) is 0 Å². The van der Waals surface area contributed by atoms with Gasteiger partial charge in [0.1, 0.15) is 0 Å². The summed E-state index contributed by atoms with van der Waals surface area (Å²) in [5.74, 6) is 0. The Labute approximate surface area is 111 Å². The molecule has 0 saturated heterocycles. The highest BCUT2D eigenvalue weighted by Crippen LogP contribution is 2.28. The molecule has 0 radical (unpaired) electrons. The quantitative estimate of drug-likeness (QED) is 0.849. The number of hydrogen-bond acceptors (Lipinski definition) is 3. The molecule has 0 saturated carbocycles. The summed E-state index contributed by atoms with van der Waals surface area (Å²) >= 11 is 3.47. The number of aliphatic hydroxyl groups is 2. The third-order valence-corrected chi connectivity index (χ3v) is 3.35. The van der Waals surface area contributed by atoms with Gasteiger partial charge in [-0.2, -0.15) is 0 Å². The largest absolute Gasteiger partial charge is 0.395 e. The monoisotopic (exact) mass is 301 g/mol. The van der Waals surface area contributed by atoms with Crippen LogP contribution in [0.1, 0.15) is 31.9 Å². The third-order valence-electron chi connectivity index (χ3n) is 2.66. The Hall–Kier alpha value is -0.580. The Morgan fingerprint density at radius 1 is 1.35 bits per heavy atom. The second-order valence-corrected chi connectivity index (χ2v) is 4.95. The Morgan fingerprint density at radius 2 is 2.06 bits per heavy atom. The minimum atomic E-state index is -0.476. The molecule has 0 spiro atoms. The Bertz CT molecular complexity index is 349. The van der Waals surface area contributed by atoms with Gasteiger partial charge in [0, 0.05) is 23.2 Å². The molecule has 0 heterocycles. The lowest BCUT2D eigenvalue weighted by Crippen LogP contribution is -2.27. The van der Waals surface area contributed by atoms with Crippen LogP contribution in [0.15, 0.2) is 22.7 Å². The summed E-state index contributed by atoms with van der Waals surface area (Å²) < 4.78 is 0.907. The highest BCUT2D eigenvalue weighted by atomic mass is 79.9. The topological polar surface area (TPSA) is 43.7 Å². The number of hydrogen-bond donors (Lipinski definition) is 2. The Morgan fingerprint density at radius 3 is 2.53 bits per heavy atom. The van der Waals surface area contributed by atoms with Crippen molar-refractivity contribution >= 4 is 21.6 Å². The summed E-state index contributed by atoms with van der Waals surface area (Å²) in [6, 6.07) is 5.90. The molecule has 2 N–H and O–H groups in total. The first-order valence-corrected chi connectivity index (χ1v) is 6.72. The Balaban J connectivity index is 2.93. The predicted molar refractivity (Wildman–Crippen MR) is 74.4 cm³/mol. The zero-order valence-electron chi connectivity index (χ0n) is 10.4. The molecule has 0 aliphatic heterocycles. The second-order valence-electron chi connectivity index (χ2n) is 4.09. The van der Waals surface area contributed by atoms with Gasteiger partial charge >= 0.3 is 0 Å². The van der Waals surface area contributed by atoms with Crippen molar-refractivity contribution in [2.75, 3.05) is 24.6 Å². The average Bonchev–Trinajstić information content (AvgIpc) is 2.28. The maximum Gasteiger partial charge on any atom is 0.0772 e. The fourth-order valence-electron chi connectivity index (χ4n) is 1.81. The fraction of sp³-hybridized carbons (Fsp3) is 0.538. The van der Waals surface area contributed by atoms with Gasteiger partial charge in [-0.1, -0.05) is 28.9 Å². The SMILES string of the molecule is CCCN(CCO)c1ccc(C(C)O)c(Br)c1. The maximum absolute atomic E-state index is 9.56. The molecule has 96 valence electrons. The lowest BCUT2D eigenvalue weighted by Gasteiger charge is -2.24. The third kappa shape index (κ3) is 3.98. The van der Waals surface area contributed by atoms with Crippen molar-refractivity contribution in [2.24, 2.45) is 0 Å². The normalized spacial score (nSPS) is 12.5. The minimum absolute atomic E-state index is 0.149. The van der Waals surface area contributed by atoms with Crippen LogP contribution >= 0.6 is 15.9 Å². The van der Waals surface area contributed by atoms with E-state index in [4.69, 9.17) is 5.11 Å². The maximum atomic E-state index is 9.56. The van der Waals surface area contributed by atoms with Gasteiger partial charge in [0.15, 0.2) is 0 Å². The molecule has 1 rings (SSSR count). The van der Waals surface area contributed by atoms with Crippen LogP contribution in [0.25, 0.3) is 0 Å². The first kappa shape index (κ1) is 14.5. The van der Waals surface area contributed by atoms with Crippen molar-refractivity contribution in [3.05, 3.63) is 28.2 Å². The standard InChI is InChI=1S/C13H20BrNO2/c1-3-6-15(7-8-16)11-4-5-12(10(2)17)13(14)9-11/h4-5,9-10,16-17H,3,6-8H2,1-2H3. The van der Waals surface area contributed by atoms with Gasteiger partial charge in [0.05, 0.1) is 12.7 Å². The van der Waals surface area contributed by atoms with Crippen LogP contribution in [-0.2, 0) is 0 Å². The van der Waals surface area contributed by atoms with Crippen LogP contribution < -0.4 is 4.90 Å². The number of anilines is 1. The van der Waals surface area contributed by atoms with E-state index in [-0.39, 0.29) is 6.61 Å². The molecule has 1 atom stereocenters. The molecule has 0 amide bonds. The predicted octanol–water partition coefficient (Wildman–Crippen LogP) is 2.71. The summed E-state index contributed by atoms with van der Waals surface area (Å²) in [6.07, 6.45) is 0.561. The van der Waals surface area contributed by atoms with Crippen LogP contribution in [0.2, 0.25) is 0 Å². The summed E-state index contributed by atoms with van der Waals surface area (Å²) in [5.41, 5.74) is 1.95. The van der Waals surface area contributed by atoms with Crippen molar-refractivity contribution in [3.63, 3.8) is 0 Å². The molecule has 0 aliphatic carbocycles. The van der Waals surface area contributed by atoms with Gasteiger partial charge in [-0.05, 0) is 31.0 Å². The summed E-state index contributed by atoms with van der Waals surface area (Å²) in [5, 5.41) is 18.6. The van der Waals surface area contributed by atoms with E-state index in [1.54, 1.807) is 6.92 Å². The van der Waals surface area contributed by atoms with Crippen molar-refractivity contribution in [3.8, 4) is 0 Å². The first-order chi connectivity index (χ1) is 8.10. The van der Waals surface area contributed by atoms with Crippen LogP contribution in [0.5, 0.6) is 0 Å². The highest BCUT2D eigenvalue weighted by Gasteiger charge is 2.10. The van der Waals surface area contributed by atoms with Gasteiger partial charge in [0.2, 0.25) is 0 Å². The molecule has 0 fully saturated rings. The van der Waals surface area contributed by atoms with E-state index in [1.807, 2.05) is 18.2 Å². The molecule has 0 aromatic heterocycles. The van der Waals surface area contributed by atoms with Gasteiger partial charge in [-0.25, -0.2) is 0 Å². The first-order valence-electron chi connectivity index (χ1n) is 5.93. The summed E-state index contributed by atoms with van der Waals surface area (Å²) in [4.78, 5) is 2.14. The van der Waals surface area contributed by atoms with Crippen molar-refractivity contribution in [1.82, 2.24) is 0 Å². The van der Waals surface area contributed by atoms with E-state index in [2.05, 4.69) is 27.8 Å². The molecular formula is C13H20BrNO2. The lowest BCUT2D eigenvalue weighted by molar-refractivity contribution is 0.198. The van der Waals surface area contributed by atoms with Crippen molar-refractivity contribution in [2.45, 2.75) is 26.4 Å².